The van der Waals surface area contributed by atoms with Crippen LogP contribution in [0.2, 0.25) is 5.02 Å². The van der Waals surface area contributed by atoms with E-state index < -0.39 is 5.67 Å². The van der Waals surface area contributed by atoms with Crippen LogP contribution in [-0.2, 0) is 5.67 Å². The molecule has 1 aliphatic heterocycles. The van der Waals surface area contributed by atoms with E-state index in [1.54, 1.807) is 25.1 Å². The molecule has 1 aliphatic rings. The first-order valence-corrected chi connectivity index (χ1v) is 6.17. The van der Waals surface area contributed by atoms with Gasteiger partial charge in [-0.2, -0.15) is 0 Å². The Hall–Kier alpha value is -0.600. The standard InChI is InChI=1S/C13H17ClFN/c1-13(15,12-7-2-3-8-16-12)10-5-4-6-11(14)9-10/h4-6,9,12,16H,2-3,7-8H2,1H3. The molecule has 0 saturated carbocycles. The van der Waals surface area contributed by atoms with E-state index in [9.17, 15) is 4.39 Å². The quantitative estimate of drug-likeness (QED) is 0.833. The predicted octanol–water partition coefficient (Wildman–Crippen LogP) is 3.67. The summed E-state index contributed by atoms with van der Waals surface area (Å²) in [5.74, 6) is 0. The highest BCUT2D eigenvalue weighted by molar-refractivity contribution is 6.30. The highest BCUT2D eigenvalue weighted by Gasteiger charge is 2.36. The first-order chi connectivity index (χ1) is 7.60. The van der Waals surface area contributed by atoms with Gasteiger partial charge >= 0.3 is 0 Å². The number of hydrogen-bond acceptors (Lipinski definition) is 1. The summed E-state index contributed by atoms with van der Waals surface area (Å²) >= 11 is 5.90. The Morgan fingerprint density at radius 1 is 1.44 bits per heavy atom. The van der Waals surface area contributed by atoms with Crippen LogP contribution >= 0.6 is 11.6 Å². The molecular formula is C13H17ClFN. The summed E-state index contributed by atoms with van der Waals surface area (Å²) in [6, 6.07) is 7.01. The lowest BCUT2D eigenvalue weighted by molar-refractivity contribution is 0.107. The summed E-state index contributed by atoms with van der Waals surface area (Å²) in [6.45, 7) is 2.55. The summed E-state index contributed by atoms with van der Waals surface area (Å²) in [6.07, 6.45) is 3.12. The second-order valence-corrected chi connectivity index (χ2v) is 5.02. The molecule has 16 heavy (non-hydrogen) atoms. The van der Waals surface area contributed by atoms with Crippen LogP contribution in [-0.4, -0.2) is 12.6 Å². The third-order valence-electron chi connectivity index (χ3n) is 3.35. The molecule has 1 heterocycles. The topological polar surface area (TPSA) is 12.0 Å². The second-order valence-electron chi connectivity index (χ2n) is 4.59. The van der Waals surface area contributed by atoms with Gasteiger partial charge in [0.05, 0.1) is 0 Å². The van der Waals surface area contributed by atoms with Gasteiger partial charge in [0.15, 0.2) is 0 Å². The van der Waals surface area contributed by atoms with Gasteiger partial charge in [-0.3, -0.25) is 0 Å². The van der Waals surface area contributed by atoms with E-state index in [2.05, 4.69) is 5.32 Å². The summed E-state index contributed by atoms with van der Waals surface area (Å²) in [5, 5.41) is 3.85. The summed E-state index contributed by atoms with van der Waals surface area (Å²) < 4.78 is 14.8. The van der Waals surface area contributed by atoms with E-state index in [1.807, 2.05) is 6.07 Å². The number of alkyl halides is 1. The first-order valence-electron chi connectivity index (χ1n) is 5.79. The third-order valence-corrected chi connectivity index (χ3v) is 3.59. The van der Waals surface area contributed by atoms with Crippen molar-refractivity contribution in [2.75, 3.05) is 6.54 Å². The Morgan fingerprint density at radius 2 is 2.25 bits per heavy atom. The smallest absolute Gasteiger partial charge is 0.148 e. The molecule has 1 N–H and O–H groups in total. The van der Waals surface area contributed by atoms with E-state index >= 15 is 0 Å². The van der Waals surface area contributed by atoms with Crippen LogP contribution in [0.1, 0.15) is 31.7 Å². The average Bonchev–Trinajstić information content (AvgIpc) is 2.30. The zero-order valence-corrected chi connectivity index (χ0v) is 10.2. The average molecular weight is 242 g/mol. The molecule has 1 fully saturated rings. The Bertz CT molecular complexity index is 359. The van der Waals surface area contributed by atoms with Gasteiger partial charge in [-0.05, 0) is 44.0 Å². The van der Waals surface area contributed by atoms with Crippen LogP contribution < -0.4 is 5.32 Å². The fourth-order valence-corrected chi connectivity index (χ4v) is 2.50. The van der Waals surface area contributed by atoms with E-state index in [0.29, 0.717) is 10.6 Å². The number of benzene rings is 1. The monoisotopic (exact) mass is 241 g/mol. The number of halogens is 2. The summed E-state index contributed by atoms with van der Waals surface area (Å²) in [7, 11) is 0. The van der Waals surface area contributed by atoms with Crippen LogP contribution in [0.4, 0.5) is 4.39 Å². The van der Waals surface area contributed by atoms with Crippen LogP contribution in [0.5, 0.6) is 0 Å². The van der Waals surface area contributed by atoms with Gasteiger partial charge in [0, 0.05) is 11.1 Å². The Labute approximate surface area is 101 Å². The van der Waals surface area contributed by atoms with E-state index in [4.69, 9.17) is 11.6 Å². The molecule has 0 aromatic heterocycles. The van der Waals surface area contributed by atoms with Crippen molar-refractivity contribution in [1.82, 2.24) is 5.32 Å². The zero-order valence-electron chi connectivity index (χ0n) is 9.47. The van der Waals surface area contributed by atoms with Gasteiger partial charge in [0.1, 0.15) is 5.67 Å². The van der Waals surface area contributed by atoms with E-state index in [0.717, 1.165) is 25.8 Å². The second kappa shape index (κ2) is 4.72. The fourth-order valence-electron chi connectivity index (χ4n) is 2.31. The lowest BCUT2D eigenvalue weighted by atomic mass is 9.85. The lowest BCUT2D eigenvalue weighted by Crippen LogP contribution is -2.46. The fraction of sp³-hybridized carbons (Fsp3) is 0.538. The van der Waals surface area contributed by atoms with Gasteiger partial charge in [-0.15, -0.1) is 0 Å². The van der Waals surface area contributed by atoms with Gasteiger partial charge in [-0.25, -0.2) is 4.39 Å². The minimum atomic E-state index is -1.34. The molecule has 0 amide bonds. The van der Waals surface area contributed by atoms with Crippen molar-refractivity contribution >= 4 is 11.6 Å². The number of nitrogens with one attached hydrogen (secondary N) is 1. The van der Waals surface area contributed by atoms with Gasteiger partial charge in [-0.1, -0.05) is 30.2 Å². The van der Waals surface area contributed by atoms with Crippen LogP contribution in [0, 0.1) is 0 Å². The highest BCUT2D eigenvalue weighted by atomic mass is 35.5. The Morgan fingerprint density at radius 3 is 2.88 bits per heavy atom. The molecular weight excluding hydrogens is 225 g/mol. The van der Waals surface area contributed by atoms with E-state index in [-0.39, 0.29) is 6.04 Å². The molecule has 88 valence electrons. The predicted molar refractivity (Wildman–Crippen MR) is 65.6 cm³/mol. The number of piperidine rings is 1. The maximum absolute atomic E-state index is 14.8. The van der Waals surface area contributed by atoms with Gasteiger partial charge in [0.2, 0.25) is 0 Å². The molecule has 0 spiro atoms. The molecule has 2 atom stereocenters. The van der Waals surface area contributed by atoms with Crippen LogP contribution in [0.3, 0.4) is 0 Å². The summed E-state index contributed by atoms with van der Waals surface area (Å²) in [4.78, 5) is 0. The summed E-state index contributed by atoms with van der Waals surface area (Å²) in [5.41, 5.74) is -0.676. The maximum Gasteiger partial charge on any atom is 0.148 e. The molecule has 2 unspecified atom stereocenters. The molecule has 0 bridgehead atoms. The molecule has 1 nitrogen and oxygen atoms in total. The lowest BCUT2D eigenvalue weighted by Gasteiger charge is -2.34. The maximum atomic E-state index is 14.8. The molecule has 1 aromatic rings. The Kier molecular flexibility index (Phi) is 3.50. The van der Waals surface area contributed by atoms with Crippen LogP contribution in [0.25, 0.3) is 0 Å². The van der Waals surface area contributed by atoms with Crippen molar-refractivity contribution in [2.45, 2.75) is 37.9 Å². The third kappa shape index (κ3) is 2.38. The minimum Gasteiger partial charge on any atom is -0.311 e. The van der Waals surface area contributed by atoms with Crippen molar-refractivity contribution in [3.05, 3.63) is 34.9 Å². The normalized spacial score (nSPS) is 25.1. The molecule has 0 radical (unpaired) electrons. The van der Waals surface area contributed by atoms with Crippen molar-refractivity contribution in [3.63, 3.8) is 0 Å². The van der Waals surface area contributed by atoms with E-state index in [1.165, 1.54) is 0 Å². The molecule has 1 aromatic carbocycles. The largest absolute Gasteiger partial charge is 0.311 e. The molecule has 3 heteroatoms. The highest BCUT2D eigenvalue weighted by Crippen LogP contribution is 2.34. The van der Waals surface area contributed by atoms with Crippen LogP contribution in [0.15, 0.2) is 24.3 Å². The minimum absolute atomic E-state index is 0.0975. The zero-order chi connectivity index (χ0) is 11.6. The van der Waals surface area contributed by atoms with Gasteiger partial charge in [0.25, 0.3) is 0 Å². The molecule has 0 aliphatic carbocycles. The van der Waals surface area contributed by atoms with Crippen molar-refractivity contribution in [3.8, 4) is 0 Å². The van der Waals surface area contributed by atoms with Crippen molar-refractivity contribution in [1.29, 1.82) is 0 Å². The van der Waals surface area contributed by atoms with Crippen molar-refractivity contribution < 1.29 is 4.39 Å². The SMILES string of the molecule is CC(F)(c1cccc(Cl)c1)C1CCCCN1. The first kappa shape index (κ1) is 11.9. The van der Waals surface area contributed by atoms with Crippen molar-refractivity contribution in [2.24, 2.45) is 0 Å². The van der Waals surface area contributed by atoms with Gasteiger partial charge < -0.3 is 5.32 Å². The Balaban J connectivity index is 2.22. The molecule has 2 rings (SSSR count). The number of rotatable bonds is 2. The molecule has 1 saturated heterocycles. The number of hydrogen-bond donors (Lipinski definition) is 1.